The fourth-order valence-corrected chi connectivity index (χ4v) is 7.08. The number of nitrogens with zero attached hydrogens (tertiary/aromatic N) is 2. The van der Waals surface area contributed by atoms with Crippen LogP contribution in [-0.2, 0) is 16.0 Å². The van der Waals surface area contributed by atoms with Crippen molar-refractivity contribution in [2.45, 2.75) is 76.3 Å². The summed E-state index contributed by atoms with van der Waals surface area (Å²) in [4.78, 5) is 31.8. The van der Waals surface area contributed by atoms with Crippen LogP contribution in [0.2, 0.25) is 0 Å². The van der Waals surface area contributed by atoms with Crippen molar-refractivity contribution in [2.75, 3.05) is 33.2 Å². The molecule has 1 aromatic carbocycles. The predicted molar refractivity (Wildman–Crippen MR) is 136 cm³/mol. The van der Waals surface area contributed by atoms with E-state index in [0.717, 1.165) is 71.1 Å². The van der Waals surface area contributed by atoms with E-state index in [-0.39, 0.29) is 29.7 Å². The van der Waals surface area contributed by atoms with Crippen molar-refractivity contribution in [2.24, 2.45) is 23.5 Å². The van der Waals surface area contributed by atoms with Crippen LogP contribution in [-0.4, -0.2) is 66.4 Å². The second-order valence-electron chi connectivity index (χ2n) is 10.8. The molecule has 6 heteroatoms. The number of likely N-dealkylation sites (N-methyl/N-ethyl adjacent to an activating group) is 1. The number of amides is 2. The molecule has 6 nitrogen and oxygen atoms in total. The van der Waals surface area contributed by atoms with Crippen LogP contribution in [0.4, 0.5) is 0 Å². The quantitative estimate of drug-likeness (QED) is 0.583. The fraction of sp³-hybridized carbons (Fsp3) is 0.714. The molecule has 4 atom stereocenters. The number of piperidine rings is 1. The lowest BCUT2D eigenvalue weighted by Gasteiger charge is -2.46. The van der Waals surface area contributed by atoms with Crippen LogP contribution in [0, 0.1) is 17.8 Å². The van der Waals surface area contributed by atoms with Crippen LogP contribution >= 0.6 is 0 Å². The third-order valence-corrected chi connectivity index (χ3v) is 9.15. The molecule has 2 amide bonds. The Labute approximate surface area is 205 Å². The van der Waals surface area contributed by atoms with E-state index in [0.29, 0.717) is 12.3 Å². The van der Waals surface area contributed by atoms with Crippen LogP contribution in [0.5, 0.6) is 0 Å². The van der Waals surface area contributed by atoms with Gasteiger partial charge in [-0.05, 0) is 69.5 Å². The molecule has 188 valence electrons. The molecule has 2 saturated heterocycles. The Hall–Kier alpha value is -1.92. The Kier molecular flexibility index (Phi) is 8.30. The molecule has 1 aliphatic carbocycles. The van der Waals surface area contributed by atoms with Gasteiger partial charge >= 0.3 is 0 Å². The number of hydrogen-bond donors (Lipinski definition) is 2. The number of carbonyl (C=O) groups is 2. The maximum atomic E-state index is 14.3. The van der Waals surface area contributed by atoms with Crippen molar-refractivity contribution in [3.05, 3.63) is 35.9 Å². The van der Waals surface area contributed by atoms with E-state index in [1.54, 1.807) is 7.05 Å². The molecule has 1 unspecified atom stereocenters. The summed E-state index contributed by atoms with van der Waals surface area (Å²) in [6, 6.07) is 10.9. The second kappa shape index (κ2) is 11.2. The van der Waals surface area contributed by atoms with Gasteiger partial charge in [-0.1, -0.05) is 56.5 Å². The Morgan fingerprint density at radius 2 is 1.79 bits per heavy atom. The van der Waals surface area contributed by atoms with Crippen molar-refractivity contribution in [1.82, 2.24) is 15.1 Å². The monoisotopic (exact) mass is 468 g/mol. The second-order valence-corrected chi connectivity index (χ2v) is 10.8. The van der Waals surface area contributed by atoms with Crippen LogP contribution in [0.15, 0.2) is 30.3 Å². The van der Waals surface area contributed by atoms with Gasteiger partial charge in [-0.25, -0.2) is 0 Å². The molecule has 2 heterocycles. The molecule has 0 radical (unpaired) electrons. The SMILES string of the molecule is CCC(NC)(C(N)=O)[C@@H](C(=O)N1CC[C@H]2CCN(CCc3ccccc3)C[C@H]21)C1CCCCC1. The first-order chi connectivity index (χ1) is 16.5. The molecule has 0 bridgehead atoms. The number of primary amides is 1. The minimum absolute atomic E-state index is 0.166. The van der Waals surface area contributed by atoms with Crippen LogP contribution in [0.1, 0.15) is 63.9 Å². The normalized spacial score (nSPS) is 26.6. The minimum Gasteiger partial charge on any atom is -0.368 e. The highest BCUT2D eigenvalue weighted by atomic mass is 16.2. The van der Waals surface area contributed by atoms with Gasteiger partial charge in [0.1, 0.15) is 5.54 Å². The Bertz CT molecular complexity index is 819. The summed E-state index contributed by atoms with van der Waals surface area (Å²) in [7, 11) is 1.80. The number of carbonyl (C=O) groups excluding carboxylic acids is 2. The average Bonchev–Trinajstić information content (AvgIpc) is 3.30. The highest BCUT2D eigenvalue weighted by Gasteiger charge is 2.53. The lowest BCUT2D eigenvalue weighted by Crippen LogP contribution is -2.65. The third kappa shape index (κ3) is 5.03. The number of rotatable bonds is 9. The molecule has 1 aromatic rings. The number of benzene rings is 1. The minimum atomic E-state index is -0.973. The predicted octanol–water partition coefficient (Wildman–Crippen LogP) is 3.20. The van der Waals surface area contributed by atoms with Gasteiger partial charge < -0.3 is 20.9 Å². The van der Waals surface area contributed by atoms with Gasteiger partial charge in [0.05, 0.1) is 5.92 Å². The number of nitrogens with one attached hydrogen (secondary N) is 1. The standard InChI is InChI=1S/C28H44N4O2/c1-3-28(30-2,27(29)34)25(23-12-8-5-9-13-23)26(33)32-19-16-22-15-18-31(20-24(22)32)17-14-21-10-6-4-7-11-21/h4,6-7,10-11,22-25,30H,3,5,8-9,12-20H2,1-2H3,(H2,29,34)/t22-,24-,25-,28?/m1/s1. The summed E-state index contributed by atoms with van der Waals surface area (Å²) in [5.74, 6) is 0.199. The van der Waals surface area contributed by atoms with Gasteiger partial charge in [0.25, 0.3) is 0 Å². The van der Waals surface area contributed by atoms with Gasteiger partial charge in [0.15, 0.2) is 0 Å². The lowest BCUT2D eigenvalue weighted by atomic mass is 9.67. The van der Waals surface area contributed by atoms with E-state index in [2.05, 4.69) is 45.4 Å². The first-order valence-corrected chi connectivity index (χ1v) is 13.6. The smallest absolute Gasteiger partial charge is 0.238 e. The van der Waals surface area contributed by atoms with E-state index in [1.165, 1.54) is 12.0 Å². The average molecular weight is 469 g/mol. The molecule has 34 heavy (non-hydrogen) atoms. The van der Waals surface area contributed by atoms with Crippen LogP contribution in [0.3, 0.4) is 0 Å². The van der Waals surface area contributed by atoms with E-state index >= 15 is 0 Å². The molecule has 4 rings (SSSR count). The summed E-state index contributed by atoms with van der Waals surface area (Å²) in [5, 5.41) is 3.25. The Morgan fingerprint density at radius 1 is 1.09 bits per heavy atom. The van der Waals surface area contributed by atoms with Crippen molar-refractivity contribution >= 4 is 11.8 Å². The summed E-state index contributed by atoms with van der Waals surface area (Å²) < 4.78 is 0. The maximum absolute atomic E-state index is 14.3. The van der Waals surface area contributed by atoms with Crippen molar-refractivity contribution in [3.63, 3.8) is 0 Å². The molecular weight excluding hydrogens is 424 g/mol. The fourth-order valence-electron chi connectivity index (χ4n) is 7.08. The maximum Gasteiger partial charge on any atom is 0.238 e. The summed E-state index contributed by atoms with van der Waals surface area (Å²) in [6.45, 7) is 5.88. The summed E-state index contributed by atoms with van der Waals surface area (Å²) in [6.07, 6.45) is 9.32. The van der Waals surface area contributed by atoms with Gasteiger partial charge in [-0.3, -0.25) is 9.59 Å². The van der Waals surface area contributed by atoms with E-state index in [1.807, 2.05) is 6.92 Å². The van der Waals surface area contributed by atoms with E-state index < -0.39 is 5.54 Å². The first-order valence-electron chi connectivity index (χ1n) is 13.6. The highest BCUT2D eigenvalue weighted by molar-refractivity contribution is 5.93. The summed E-state index contributed by atoms with van der Waals surface area (Å²) in [5.41, 5.74) is 6.40. The van der Waals surface area contributed by atoms with Crippen molar-refractivity contribution < 1.29 is 9.59 Å². The van der Waals surface area contributed by atoms with Crippen molar-refractivity contribution in [3.8, 4) is 0 Å². The number of fused-ring (bicyclic) bond motifs is 1. The Balaban J connectivity index is 1.52. The molecular formula is C28H44N4O2. The molecule has 2 aliphatic heterocycles. The zero-order chi connectivity index (χ0) is 24.1. The molecule has 0 aromatic heterocycles. The molecule has 3 N–H and O–H groups in total. The zero-order valence-corrected chi connectivity index (χ0v) is 21.2. The van der Waals surface area contributed by atoms with Crippen LogP contribution in [0.25, 0.3) is 0 Å². The van der Waals surface area contributed by atoms with Gasteiger partial charge in [-0.2, -0.15) is 0 Å². The lowest BCUT2D eigenvalue weighted by molar-refractivity contribution is -0.148. The molecule has 0 spiro atoms. The number of nitrogens with two attached hydrogens (primary N) is 1. The molecule has 1 saturated carbocycles. The molecule has 3 aliphatic rings. The molecule has 3 fully saturated rings. The topological polar surface area (TPSA) is 78.7 Å². The third-order valence-electron chi connectivity index (χ3n) is 9.15. The first kappa shape index (κ1) is 25.2. The summed E-state index contributed by atoms with van der Waals surface area (Å²) >= 11 is 0. The van der Waals surface area contributed by atoms with Gasteiger partial charge in [0.2, 0.25) is 11.8 Å². The van der Waals surface area contributed by atoms with E-state index in [9.17, 15) is 9.59 Å². The van der Waals surface area contributed by atoms with Gasteiger partial charge in [0, 0.05) is 25.7 Å². The largest absolute Gasteiger partial charge is 0.368 e. The number of hydrogen-bond acceptors (Lipinski definition) is 4. The zero-order valence-electron chi connectivity index (χ0n) is 21.2. The van der Waals surface area contributed by atoms with Crippen molar-refractivity contribution in [1.29, 1.82) is 0 Å². The Morgan fingerprint density at radius 3 is 2.44 bits per heavy atom. The number of likely N-dealkylation sites (tertiary alicyclic amines) is 2. The van der Waals surface area contributed by atoms with Gasteiger partial charge in [-0.15, -0.1) is 0 Å². The van der Waals surface area contributed by atoms with Crippen LogP contribution < -0.4 is 11.1 Å². The van der Waals surface area contributed by atoms with E-state index in [4.69, 9.17) is 5.73 Å². The highest BCUT2D eigenvalue weighted by Crippen LogP contribution is 2.41.